The number of hydrogen-bond acceptors (Lipinski definition) is 3. The Morgan fingerprint density at radius 3 is 2.55 bits per heavy atom. The lowest BCUT2D eigenvalue weighted by molar-refractivity contribution is -0.132. The van der Waals surface area contributed by atoms with E-state index in [1.54, 1.807) is 0 Å². The van der Waals surface area contributed by atoms with Gasteiger partial charge in [-0.1, -0.05) is 55.0 Å². The second-order valence-electron chi connectivity index (χ2n) is 8.99. The molecule has 0 bridgehead atoms. The van der Waals surface area contributed by atoms with Gasteiger partial charge in [0.25, 0.3) is 0 Å². The summed E-state index contributed by atoms with van der Waals surface area (Å²) in [5.41, 5.74) is 2.97. The first-order valence-corrected chi connectivity index (χ1v) is 11.0. The molecule has 2 N–H and O–H groups in total. The Labute approximate surface area is 184 Å². The number of amides is 3. The molecule has 1 fully saturated rings. The van der Waals surface area contributed by atoms with Gasteiger partial charge < -0.3 is 20.3 Å². The molecule has 6 nitrogen and oxygen atoms in total. The Balaban J connectivity index is 1.25. The van der Waals surface area contributed by atoms with Crippen molar-refractivity contribution >= 4 is 11.9 Å². The van der Waals surface area contributed by atoms with Crippen LogP contribution in [0.3, 0.4) is 0 Å². The Morgan fingerprint density at radius 2 is 1.81 bits per heavy atom. The van der Waals surface area contributed by atoms with Crippen molar-refractivity contribution in [3.05, 3.63) is 65.2 Å². The van der Waals surface area contributed by atoms with Crippen molar-refractivity contribution in [2.24, 2.45) is 5.41 Å². The molecule has 6 heteroatoms. The molecule has 1 unspecified atom stereocenters. The predicted molar refractivity (Wildman–Crippen MR) is 120 cm³/mol. The van der Waals surface area contributed by atoms with E-state index in [0.717, 1.165) is 23.3 Å². The minimum absolute atomic E-state index is 0.0338. The van der Waals surface area contributed by atoms with Crippen LogP contribution in [0.1, 0.15) is 36.5 Å². The number of likely N-dealkylation sites (tertiary alicyclic amines) is 1. The van der Waals surface area contributed by atoms with E-state index in [1.807, 2.05) is 55.1 Å². The summed E-state index contributed by atoms with van der Waals surface area (Å²) in [6, 6.07) is 16.0. The summed E-state index contributed by atoms with van der Waals surface area (Å²) in [5, 5.41) is 6.17. The van der Waals surface area contributed by atoms with Gasteiger partial charge in [0.05, 0.1) is 6.04 Å². The lowest BCUT2D eigenvalue weighted by Crippen LogP contribution is -2.54. The molecule has 0 radical (unpaired) electrons. The zero-order chi connectivity index (χ0) is 21.8. The van der Waals surface area contributed by atoms with Crippen LogP contribution in [0.25, 0.3) is 0 Å². The molecule has 0 saturated carbocycles. The fourth-order valence-corrected chi connectivity index (χ4v) is 4.22. The van der Waals surface area contributed by atoms with Crippen molar-refractivity contribution in [2.75, 3.05) is 19.7 Å². The quantitative estimate of drug-likeness (QED) is 0.795. The van der Waals surface area contributed by atoms with E-state index in [1.165, 1.54) is 5.56 Å². The van der Waals surface area contributed by atoms with Gasteiger partial charge in [-0.15, -0.1) is 0 Å². The predicted octanol–water partition coefficient (Wildman–Crippen LogP) is 3.43. The summed E-state index contributed by atoms with van der Waals surface area (Å²) >= 11 is 0. The first kappa shape index (κ1) is 21.2. The van der Waals surface area contributed by atoms with E-state index < -0.39 is 5.41 Å². The van der Waals surface area contributed by atoms with Gasteiger partial charge in [0.15, 0.2) is 0 Å². The fraction of sp³-hybridized carbons (Fsp3) is 0.440. The van der Waals surface area contributed by atoms with Crippen LogP contribution in [0.5, 0.6) is 5.75 Å². The van der Waals surface area contributed by atoms with Crippen molar-refractivity contribution in [2.45, 2.75) is 45.7 Å². The number of nitrogens with one attached hydrogen (secondary N) is 2. The number of rotatable bonds is 4. The van der Waals surface area contributed by atoms with Crippen molar-refractivity contribution in [1.82, 2.24) is 15.5 Å². The van der Waals surface area contributed by atoms with Gasteiger partial charge in [-0.25, -0.2) is 4.79 Å². The van der Waals surface area contributed by atoms with E-state index in [0.29, 0.717) is 39.1 Å². The molecule has 2 aromatic rings. The number of carbonyl (C=O) groups is 2. The Morgan fingerprint density at radius 1 is 1.10 bits per heavy atom. The van der Waals surface area contributed by atoms with Crippen LogP contribution in [-0.2, 0) is 17.8 Å². The Hall–Kier alpha value is -3.02. The fourth-order valence-electron chi connectivity index (χ4n) is 4.22. The zero-order valence-corrected chi connectivity index (χ0v) is 18.3. The van der Waals surface area contributed by atoms with Crippen molar-refractivity contribution in [3.8, 4) is 5.75 Å². The summed E-state index contributed by atoms with van der Waals surface area (Å²) in [6.07, 6.45) is 2.09. The van der Waals surface area contributed by atoms with Crippen LogP contribution >= 0.6 is 0 Å². The molecule has 2 heterocycles. The Kier molecular flexibility index (Phi) is 6.16. The van der Waals surface area contributed by atoms with Crippen LogP contribution in [0.4, 0.5) is 4.79 Å². The minimum atomic E-state index is -0.450. The Bertz CT molecular complexity index is 933. The van der Waals surface area contributed by atoms with Gasteiger partial charge in [0.2, 0.25) is 5.91 Å². The number of hydrogen-bond donors (Lipinski definition) is 2. The molecule has 164 valence electrons. The first-order valence-electron chi connectivity index (χ1n) is 11.0. The monoisotopic (exact) mass is 421 g/mol. The smallest absolute Gasteiger partial charge is 0.317 e. The standard InChI is InChI=1S/C25H31N3O3/c1-18-7-9-19(10-8-18)16-26-23(29)25(2)11-13-28(14-12-25)24(30)27-21-15-20-5-3-4-6-22(20)31-17-21/h3-10,21H,11-17H2,1-2H3,(H,26,29)(H,27,30). The van der Waals surface area contributed by atoms with E-state index in [2.05, 4.69) is 22.8 Å². The van der Waals surface area contributed by atoms with Crippen molar-refractivity contribution in [3.63, 3.8) is 0 Å². The third kappa shape index (κ3) is 5.01. The van der Waals surface area contributed by atoms with Crippen LogP contribution in [-0.4, -0.2) is 42.6 Å². The number of fused-ring (bicyclic) bond motifs is 1. The van der Waals surface area contributed by atoms with E-state index in [-0.39, 0.29) is 18.0 Å². The largest absolute Gasteiger partial charge is 0.491 e. The zero-order valence-electron chi connectivity index (χ0n) is 18.3. The number of carbonyl (C=O) groups excluding carboxylic acids is 2. The summed E-state index contributed by atoms with van der Waals surface area (Å²) in [6.45, 7) is 6.21. The average molecular weight is 422 g/mol. The van der Waals surface area contributed by atoms with Crippen LogP contribution in [0, 0.1) is 12.3 Å². The number of nitrogens with zero attached hydrogens (tertiary/aromatic N) is 1. The van der Waals surface area contributed by atoms with Gasteiger partial charge in [0, 0.05) is 25.0 Å². The number of piperidine rings is 1. The van der Waals surface area contributed by atoms with Gasteiger partial charge in [-0.2, -0.15) is 0 Å². The molecular formula is C25H31N3O3. The molecule has 1 atom stereocenters. The van der Waals surface area contributed by atoms with E-state index in [9.17, 15) is 9.59 Å². The molecule has 31 heavy (non-hydrogen) atoms. The van der Waals surface area contributed by atoms with E-state index >= 15 is 0 Å². The second-order valence-corrected chi connectivity index (χ2v) is 8.99. The molecular weight excluding hydrogens is 390 g/mol. The third-order valence-electron chi connectivity index (χ3n) is 6.48. The summed E-state index contributed by atoms with van der Waals surface area (Å²) < 4.78 is 5.77. The normalized spacial score (nSPS) is 19.7. The lowest BCUT2D eigenvalue weighted by Gasteiger charge is -2.39. The molecule has 3 amide bonds. The maximum Gasteiger partial charge on any atom is 0.317 e. The maximum atomic E-state index is 12.8. The molecule has 0 aromatic heterocycles. The molecule has 4 rings (SSSR count). The average Bonchev–Trinajstić information content (AvgIpc) is 2.79. The van der Waals surface area contributed by atoms with Crippen LogP contribution < -0.4 is 15.4 Å². The van der Waals surface area contributed by atoms with Gasteiger partial charge in [0.1, 0.15) is 12.4 Å². The van der Waals surface area contributed by atoms with E-state index in [4.69, 9.17) is 4.74 Å². The van der Waals surface area contributed by atoms with Crippen LogP contribution in [0.15, 0.2) is 48.5 Å². The minimum Gasteiger partial charge on any atom is -0.491 e. The SMILES string of the molecule is Cc1ccc(CNC(=O)C2(C)CCN(C(=O)NC3COc4ccccc4C3)CC2)cc1. The number of aryl methyl sites for hydroxylation is 1. The lowest BCUT2D eigenvalue weighted by atomic mass is 9.79. The molecule has 1 saturated heterocycles. The van der Waals surface area contributed by atoms with Gasteiger partial charge in [-0.05, 0) is 43.4 Å². The first-order chi connectivity index (χ1) is 14.9. The number of urea groups is 1. The number of ether oxygens (including phenoxy) is 1. The molecule has 2 aliphatic rings. The second kappa shape index (κ2) is 9.00. The molecule has 0 spiro atoms. The topological polar surface area (TPSA) is 70.7 Å². The highest BCUT2D eigenvalue weighted by Crippen LogP contribution is 2.31. The highest BCUT2D eigenvalue weighted by Gasteiger charge is 2.38. The van der Waals surface area contributed by atoms with Gasteiger partial charge >= 0.3 is 6.03 Å². The number of benzene rings is 2. The highest BCUT2D eigenvalue weighted by atomic mass is 16.5. The summed E-state index contributed by atoms with van der Waals surface area (Å²) in [7, 11) is 0. The summed E-state index contributed by atoms with van der Waals surface area (Å²) in [4.78, 5) is 27.4. The maximum absolute atomic E-state index is 12.8. The molecule has 2 aliphatic heterocycles. The summed E-state index contributed by atoms with van der Waals surface area (Å²) in [5.74, 6) is 0.962. The van der Waals surface area contributed by atoms with Crippen molar-refractivity contribution in [1.29, 1.82) is 0 Å². The number of para-hydroxylation sites is 1. The van der Waals surface area contributed by atoms with Gasteiger partial charge in [-0.3, -0.25) is 4.79 Å². The third-order valence-corrected chi connectivity index (χ3v) is 6.48. The van der Waals surface area contributed by atoms with Crippen LogP contribution in [0.2, 0.25) is 0 Å². The molecule has 0 aliphatic carbocycles. The highest BCUT2D eigenvalue weighted by molar-refractivity contribution is 5.83. The molecule has 2 aromatic carbocycles. The van der Waals surface area contributed by atoms with Crippen molar-refractivity contribution < 1.29 is 14.3 Å².